The lowest BCUT2D eigenvalue weighted by atomic mass is 10.1. The molecule has 0 atom stereocenters. The van der Waals surface area contributed by atoms with Gasteiger partial charge in [-0.25, -0.2) is 8.78 Å². The second-order valence-corrected chi connectivity index (χ2v) is 8.54. The molecule has 0 spiro atoms. The van der Waals surface area contributed by atoms with E-state index in [0.29, 0.717) is 21.6 Å². The lowest BCUT2D eigenvalue weighted by Gasteiger charge is -2.21. The Morgan fingerprint density at radius 2 is 2.03 bits per heavy atom. The highest BCUT2D eigenvalue weighted by molar-refractivity contribution is 8.26. The summed E-state index contributed by atoms with van der Waals surface area (Å²) in [5.41, 5.74) is -0.0787. The van der Waals surface area contributed by atoms with Crippen molar-refractivity contribution in [2.45, 2.75) is 38.6 Å². The number of benzene rings is 1. The number of hydrogen-bond donors (Lipinski definition) is 0. The van der Waals surface area contributed by atoms with Crippen molar-refractivity contribution in [3.05, 3.63) is 46.6 Å². The van der Waals surface area contributed by atoms with Gasteiger partial charge in [0.25, 0.3) is 5.91 Å². The molecular weight excluding hydrogens is 416 g/mol. The van der Waals surface area contributed by atoms with Gasteiger partial charge in [-0.05, 0) is 44.0 Å². The SMILES string of the molecule is CCOc1ccc(F)c(F)c1-c1ccc(/C=C2\SC(=S)N(C3CCCC3)C2=O)o1. The zero-order valence-corrected chi connectivity index (χ0v) is 17.4. The van der Waals surface area contributed by atoms with E-state index in [1.54, 1.807) is 24.0 Å². The van der Waals surface area contributed by atoms with E-state index in [1.807, 2.05) is 0 Å². The van der Waals surface area contributed by atoms with Crippen LogP contribution < -0.4 is 4.74 Å². The minimum absolute atomic E-state index is 0.0787. The first-order valence-corrected chi connectivity index (χ1v) is 10.7. The summed E-state index contributed by atoms with van der Waals surface area (Å²) in [5, 5.41) is 0. The van der Waals surface area contributed by atoms with Gasteiger partial charge < -0.3 is 9.15 Å². The number of halogens is 2. The number of nitrogens with zero attached hydrogens (tertiary/aromatic N) is 1. The number of thiocarbonyl (C=S) groups is 1. The van der Waals surface area contributed by atoms with E-state index < -0.39 is 11.6 Å². The average Bonchev–Trinajstić information content (AvgIpc) is 3.41. The Balaban J connectivity index is 1.63. The molecule has 2 aliphatic rings. The maximum atomic E-state index is 14.4. The van der Waals surface area contributed by atoms with Gasteiger partial charge in [-0.15, -0.1) is 0 Å². The fourth-order valence-corrected chi connectivity index (χ4v) is 5.07. The average molecular weight is 436 g/mol. The molecule has 1 amide bonds. The summed E-state index contributed by atoms with van der Waals surface area (Å²) in [6, 6.07) is 5.69. The maximum Gasteiger partial charge on any atom is 0.266 e. The predicted molar refractivity (Wildman–Crippen MR) is 112 cm³/mol. The van der Waals surface area contributed by atoms with Crippen molar-refractivity contribution in [1.29, 1.82) is 0 Å². The largest absolute Gasteiger partial charge is 0.493 e. The number of ether oxygens (including phenoxy) is 1. The van der Waals surface area contributed by atoms with Crippen LogP contribution in [0.25, 0.3) is 17.4 Å². The van der Waals surface area contributed by atoms with Crippen LogP contribution in [0.2, 0.25) is 0 Å². The molecule has 1 aromatic carbocycles. The molecule has 1 saturated heterocycles. The molecule has 4 nitrogen and oxygen atoms in total. The molecular formula is C21H19F2NO3S2. The molecule has 1 aliphatic heterocycles. The van der Waals surface area contributed by atoms with Gasteiger partial charge in [0.05, 0.1) is 17.1 Å². The monoisotopic (exact) mass is 435 g/mol. The normalized spacial score (nSPS) is 19.0. The summed E-state index contributed by atoms with van der Waals surface area (Å²) >= 11 is 6.63. The molecule has 1 aromatic heterocycles. The van der Waals surface area contributed by atoms with E-state index in [9.17, 15) is 13.6 Å². The first kappa shape index (κ1) is 20.1. The molecule has 4 rings (SSSR count). The van der Waals surface area contributed by atoms with Crippen LogP contribution in [-0.2, 0) is 4.79 Å². The molecule has 2 heterocycles. The summed E-state index contributed by atoms with van der Waals surface area (Å²) in [7, 11) is 0. The van der Waals surface area contributed by atoms with E-state index in [4.69, 9.17) is 21.4 Å². The number of amides is 1. The Hall–Kier alpha value is -2.19. The standard InChI is InChI=1S/C21H19F2NO3S2/c1-2-26-15-10-8-14(22)19(23)18(15)16-9-7-13(27-16)11-17-20(25)24(21(28)29-17)12-5-3-4-6-12/h7-12H,2-6H2,1H3/b17-11-. The van der Waals surface area contributed by atoms with Gasteiger partial charge >= 0.3 is 0 Å². The van der Waals surface area contributed by atoms with Crippen molar-refractivity contribution >= 4 is 40.3 Å². The molecule has 152 valence electrons. The fourth-order valence-electron chi connectivity index (χ4n) is 3.69. The number of furan rings is 1. The van der Waals surface area contributed by atoms with Crippen molar-refractivity contribution in [2.24, 2.45) is 0 Å². The summed E-state index contributed by atoms with van der Waals surface area (Å²) in [6.07, 6.45) is 5.72. The third-order valence-corrected chi connectivity index (χ3v) is 6.35. The van der Waals surface area contributed by atoms with Crippen molar-refractivity contribution < 1.29 is 22.7 Å². The Bertz CT molecular complexity index is 996. The van der Waals surface area contributed by atoms with Crippen LogP contribution in [0.1, 0.15) is 38.4 Å². The van der Waals surface area contributed by atoms with Crippen LogP contribution in [0.4, 0.5) is 8.78 Å². The van der Waals surface area contributed by atoms with Crippen LogP contribution in [0, 0.1) is 11.6 Å². The smallest absolute Gasteiger partial charge is 0.266 e. The van der Waals surface area contributed by atoms with E-state index >= 15 is 0 Å². The Morgan fingerprint density at radius 3 is 2.76 bits per heavy atom. The zero-order chi connectivity index (χ0) is 20.5. The summed E-state index contributed by atoms with van der Waals surface area (Å²) in [6.45, 7) is 2.06. The van der Waals surface area contributed by atoms with Gasteiger partial charge in [0.1, 0.15) is 21.6 Å². The summed E-state index contributed by atoms with van der Waals surface area (Å²) < 4.78 is 39.8. The lowest BCUT2D eigenvalue weighted by molar-refractivity contribution is -0.123. The molecule has 1 saturated carbocycles. The Morgan fingerprint density at radius 1 is 1.28 bits per heavy atom. The molecule has 29 heavy (non-hydrogen) atoms. The first-order chi connectivity index (χ1) is 14.0. The highest BCUT2D eigenvalue weighted by Gasteiger charge is 2.38. The van der Waals surface area contributed by atoms with Crippen LogP contribution in [-0.4, -0.2) is 27.8 Å². The summed E-state index contributed by atoms with van der Waals surface area (Å²) in [4.78, 5) is 15.0. The highest BCUT2D eigenvalue weighted by atomic mass is 32.2. The molecule has 2 fully saturated rings. The predicted octanol–water partition coefficient (Wildman–Crippen LogP) is 5.77. The zero-order valence-electron chi connectivity index (χ0n) is 15.7. The number of carbonyl (C=O) groups is 1. The molecule has 8 heteroatoms. The molecule has 0 radical (unpaired) electrons. The van der Waals surface area contributed by atoms with Crippen molar-refractivity contribution in [1.82, 2.24) is 4.90 Å². The van der Waals surface area contributed by atoms with Gasteiger partial charge in [-0.1, -0.05) is 36.8 Å². The third-order valence-electron chi connectivity index (χ3n) is 5.02. The topological polar surface area (TPSA) is 42.7 Å². The van der Waals surface area contributed by atoms with E-state index in [2.05, 4.69) is 0 Å². The Labute approximate surface area is 176 Å². The number of hydrogen-bond acceptors (Lipinski definition) is 5. The van der Waals surface area contributed by atoms with E-state index in [1.165, 1.54) is 23.9 Å². The minimum atomic E-state index is -1.04. The second kappa shape index (κ2) is 8.28. The third kappa shape index (κ3) is 3.83. The van der Waals surface area contributed by atoms with Crippen molar-refractivity contribution in [2.75, 3.05) is 6.61 Å². The second-order valence-electron chi connectivity index (χ2n) is 6.86. The maximum absolute atomic E-state index is 14.4. The van der Waals surface area contributed by atoms with Crippen molar-refractivity contribution in [3.63, 3.8) is 0 Å². The fraction of sp³-hybridized carbons (Fsp3) is 0.333. The minimum Gasteiger partial charge on any atom is -0.493 e. The molecule has 1 aliphatic carbocycles. The van der Waals surface area contributed by atoms with Crippen LogP contribution >= 0.6 is 24.0 Å². The quantitative estimate of drug-likeness (QED) is 0.441. The first-order valence-electron chi connectivity index (χ1n) is 9.47. The number of thioether (sulfide) groups is 1. The van der Waals surface area contributed by atoms with Crippen LogP contribution in [0.5, 0.6) is 5.75 Å². The Kier molecular flexibility index (Phi) is 5.74. The van der Waals surface area contributed by atoms with E-state index in [0.717, 1.165) is 31.7 Å². The number of rotatable bonds is 5. The molecule has 0 unspecified atom stereocenters. The summed E-state index contributed by atoms with van der Waals surface area (Å²) in [5.74, 6) is -1.47. The van der Waals surface area contributed by atoms with Gasteiger partial charge in [-0.3, -0.25) is 9.69 Å². The van der Waals surface area contributed by atoms with Gasteiger partial charge in [-0.2, -0.15) is 0 Å². The number of carbonyl (C=O) groups excluding carboxylic acids is 1. The molecule has 0 bridgehead atoms. The molecule has 0 N–H and O–H groups in total. The lowest BCUT2D eigenvalue weighted by Crippen LogP contribution is -2.36. The van der Waals surface area contributed by atoms with Gasteiger partial charge in [0, 0.05) is 12.1 Å². The molecule has 2 aromatic rings. The van der Waals surface area contributed by atoms with E-state index in [-0.39, 0.29) is 29.0 Å². The highest BCUT2D eigenvalue weighted by Crippen LogP contribution is 2.39. The van der Waals surface area contributed by atoms with Gasteiger partial charge in [0.15, 0.2) is 11.6 Å². The van der Waals surface area contributed by atoms with Gasteiger partial charge in [0.2, 0.25) is 0 Å². The van der Waals surface area contributed by atoms with Crippen LogP contribution in [0.3, 0.4) is 0 Å². The van der Waals surface area contributed by atoms with Crippen LogP contribution in [0.15, 0.2) is 33.6 Å². The van der Waals surface area contributed by atoms with Crippen molar-refractivity contribution in [3.8, 4) is 17.1 Å².